The summed E-state index contributed by atoms with van der Waals surface area (Å²) in [6.45, 7) is 3.67. The Labute approximate surface area is 156 Å². The molecule has 8 nitrogen and oxygen atoms in total. The molecule has 0 fully saturated rings. The number of nitro benzene ring substituents is 1. The standard InChI is InChI=1S/C19H20N2O6/c1-3-20(19(23)27-13-14-8-6-5-7-9-14)16-11-10-15(18(22)26-4-2)12-17(16)21(24)25/h5-12H,3-4,13H2,1-2H3. The molecule has 0 heterocycles. The van der Waals surface area contributed by atoms with E-state index >= 15 is 0 Å². The van der Waals surface area contributed by atoms with Gasteiger partial charge in [0.25, 0.3) is 5.69 Å². The third-order valence-electron chi connectivity index (χ3n) is 3.72. The van der Waals surface area contributed by atoms with Crippen molar-refractivity contribution in [3.05, 3.63) is 69.8 Å². The summed E-state index contributed by atoms with van der Waals surface area (Å²) in [4.78, 5) is 36.2. The Morgan fingerprint density at radius 1 is 1.07 bits per heavy atom. The second-order valence-corrected chi connectivity index (χ2v) is 5.47. The molecule has 0 radical (unpaired) electrons. The highest BCUT2D eigenvalue weighted by molar-refractivity contribution is 5.95. The lowest BCUT2D eigenvalue weighted by atomic mass is 10.1. The zero-order chi connectivity index (χ0) is 19.8. The van der Waals surface area contributed by atoms with Crippen molar-refractivity contribution in [2.24, 2.45) is 0 Å². The van der Waals surface area contributed by atoms with Gasteiger partial charge in [-0.05, 0) is 31.5 Å². The van der Waals surface area contributed by atoms with Gasteiger partial charge in [0.15, 0.2) is 0 Å². The van der Waals surface area contributed by atoms with Crippen molar-refractivity contribution in [3.63, 3.8) is 0 Å². The number of carbonyl (C=O) groups excluding carboxylic acids is 2. The first kappa shape index (κ1) is 19.9. The topological polar surface area (TPSA) is 99.0 Å². The minimum Gasteiger partial charge on any atom is -0.462 e. The molecule has 0 N–H and O–H groups in total. The highest BCUT2D eigenvalue weighted by Crippen LogP contribution is 2.30. The van der Waals surface area contributed by atoms with Gasteiger partial charge in [0, 0.05) is 12.6 Å². The summed E-state index contributed by atoms with van der Waals surface area (Å²) in [6.07, 6.45) is -0.715. The first-order valence-corrected chi connectivity index (χ1v) is 8.41. The summed E-state index contributed by atoms with van der Waals surface area (Å²) < 4.78 is 10.1. The van der Waals surface area contributed by atoms with Gasteiger partial charge in [-0.15, -0.1) is 0 Å². The maximum atomic E-state index is 12.4. The normalized spacial score (nSPS) is 10.1. The Hall–Kier alpha value is -3.42. The van der Waals surface area contributed by atoms with Crippen LogP contribution in [0.25, 0.3) is 0 Å². The number of anilines is 1. The number of nitro groups is 1. The SMILES string of the molecule is CCOC(=O)c1ccc(N(CC)C(=O)OCc2ccccc2)c([N+](=O)[O-])c1. The fourth-order valence-electron chi connectivity index (χ4n) is 2.43. The average molecular weight is 372 g/mol. The van der Waals surface area contributed by atoms with Crippen LogP contribution in [-0.2, 0) is 16.1 Å². The highest BCUT2D eigenvalue weighted by Gasteiger charge is 2.26. The maximum Gasteiger partial charge on any atom is 0.414 e. The third-order valence-corrected chi connectivity index (χ3v) is 3.72. The van der Waals surface area contributed by atoms with Crippen LogP contribution in [0, 0.1) is 10.1 Å². The van der Waals surface area contributed by atoms with E-state index in [0.29, 0.717) is 0 Å². The Kier molecular flexibility index (Phi) is 6.87. The number of amides is 1. The number of benzene rings is 2. The molecular weight excluding hydrogens is 352 g/mol. The number of nitrogens with zero attached hydrogens (tertiary/aromatic N) is 2. The molecule has 0 saturated carbocycles. The van der Waals surface area contributed by atoms with Crippen molar-refractivity contribution >= 4 is 23.4 Å². The van der Waals surface area contributed by atoms with Crippen molar-refractivity contribution < 1.29 is 24.0 Å². The first-order chi connectivity index (χ1) is 13.0. The smallest absolute Gasteiger partial charge is 0.414 e. The van der Waals surface area contributed by atoms with Gasteiger partial charge >= 0.3 is 12.1 Å². The van der Waals surface area contributed by atoms with Gasteiger partial charge in [-0.1, -0.05) is 30.3 Å². The van der Waals surface area contributed by atoms with E-state index in [1.54, 1.807) is 26.0 Å². The summed E-state index contributed by atoms with van der Waals surface area (Å²) >= 11 is 0. The van der Waals surface area contributed by atoms with E-state index in [0.717, 1.165) is 16.5 Å². The molecular formula is C19H20N2O6. The molecule has 0 bridgehead atoms. The molecule has 142 valence electrons. The molecule has 0 aliphatic rings. The first-order valence-electron chi connectivity index (χ1n) is 8.41. The summed E-state index contributed by atoms with van der Waals surface area (Å²) in [5.74, 6) is -0.665. The van der Waals surface area contributed by atoms with Gasteiger partial charge in [-0.3, -0.25) is 15.0 Å². The maximum absolute atomic E-state index is 12.4. The van der Waals surface area contributed by atoms with E-state index in [-0.39, 0.29) is 36.7 Å². The summed E-state index contributed by atoms with van der Waals surface area (Å²) in [7, 11) is 0. The van der Waals surface area contributed by atoms with E-state index in [9.17, 15) is 19.7 Å². The molecule has 0 unspecified atom stereocenters. The summed E-state index contributed by atoms with van der Waals surface area (Å²) in [5, 5.41) is 11.5. The Morgan fingerprint density at radius 3 is 2.37 bits per heavy atom. The monoisotopic (exact) mass is 372 g/mol. The van der Waals surface area contributed by atoms with Gasteiger partial charge < -0.3 is 9.47 Å². The van der Waals surface area contributed by atoms with Crippen LogP contribution in [-0.4, -0.2) is 30.1 Å². The molecule has 0 saturated heterocycles. The van der Waals surface area contributed by atoms with Crippen molar-refractivity contribution in [1.29, 1.82) is 0 Å². The van der Waals surface area contributed by atoms with E-state index in [2.05, 4.69) is 0 Å². The second-order valence-electron chi connectivity index (χ2n) is 5.47. The van der Waals surface area contributed by atoms with Crippen LogP contribution < -0.4 is 4.90 Å². The minimum atomic E-state index is -0.715. The molecule has 8 heteroatoms. The van der Waals surface area contributed by atoms with Gasteiger partial charge in [0.05, 0.1) is 17.1 Å². The molecule has 27 heavy (non-hydrogen) atoms. The van der Waals surface area contributed by atoms with Gasteiger partial charge in [0.2, 0.25) is 0 Å². The molecule has 0 aromatic heterocycles. The molecule has 1 amide bonds. The van der Waals surface area contributed by atoms with Crippen LogP contribution in [0.2, 0.25) is 0 Å². The predicted octanol–water partition coefficient (Wildman–Crippen LogP) is 3.93. The van der Waals surface area contributed by atoms with Crippen LogP contribution in [0.15, 0.2) is 48.5 Å². The van der Waals surface area contributed by atoms with E-state index < -0.39 is 17.0 Å². The molecule has 0 atom stereocenters. The average Bonchev–Trinajstić information content (AvgIpc) is 2.68. The van der Waals surface area contributed by atoms with Crippen LogP contribution >= 0.6 is 0 Å². The van der Waals surface area contributed by atoms with E-state index in [1.165, 1.54) is 12.1 Å². The molecule has 0 aliphatic heterocycles. The molecule has 2 rings (SSSR count). The number of esters is 1. The van der Waals surface area contributed by atoms with Crippen molar-refractivity contribution in [3.8, 4) is 0 Å². The molecule has 2 aromatic carbocycles. The molecule has 0 spiro atoms. The van der Waals surface area contributed by atoms with Crippen molar-refractivity contribution in [2.45, 2.75) is 20.5 Å². The lowest BCUT2D eigenvalue weighted by molar-refractivity contribution is -0.384. The van der Waals surface area contributed by atoms with Crippen molar-refractivity contribution in [2.75, 3.05) is 18.1 Å². The lowest BCUT2D eigenvalue weighted by Gasteiger charge is -2.20. The minimum absolute atomic E-state index is 0.0426. The summed E-state index contributed by atoms with van der Waals surface area (Å²) in [6, 6.07) is 12.9. The third kappa shape index (κ3) is 5.04. The second kappa shape index (κ2) is 9.33. The van der Waals surface area contributed by atoms with E-state index in [1.807, 2.05) is 18.2 Å². The van der Waals surface area contributed by atoms with Gasteiger partial charge in [-0.25, -0.2) is 9.59 Å². The number of rotatable bonds is 7. The van der Waals surface area contributed by atoms with Gasteiger partial charge in [-0.2, -0.15) is 0 Å². The molecule has 2 aromatic rings. The predicted molar refractivity (Wildman–Crippen MR) is 98.7 cm³/mol. The quantitative estimate of drug-likeness (QED) is 0.415. The van der Waals surface area contributed by atoms with Crippen molar-refractivity contribution in [1.82, 2.24) is 0 Å². The number of carbonyl (C=O) groups is 2. The zero-order valence-corrected chi connectivity index (χ0v) is 15.1. The lowest BCUT2D eigenvalue weighted by Crippen LogP contribution is -2.31. The Morgan fingerprint density at radius 2 is 1.78 bits per heavy atom. The molecule has 0 aliphatic carbocycles. The Balaban J connectivity index is 2.25. The Bertz CT molecular complexity index is 822. The number of hydrogen-bond acceptors (Lipinski definition) is 6. The zero-order valence-electron chi connectivity index (χ0n) is 15.1. The fraction of sp³-hybridized carbons (Fsp3) is 0.263. The van der Waals surface area contributed by atoms with E-state index in [4.69, 9.17) is 9.47 Å². The van der Waals surface area contributed by atoms with Crippen LogP contribution in [0.1, 0.15) is 29.8 Å². The largest absolute Gasteiger partial charge is 0.462 e. The summed E-state index contributed by atoms with van der Waals surface area (Å²) in [5.41, 5.74) is 0.516. The van der Waals surface area contributed by atoms with Crippen LogP contribution in [0.4, 0.5) is 16.2 Å². The number of ether oxygens (including phenoxy) is 2. The van der Waals surface area contributed by atoms with Crippen LogP contribution in [0.5, 0.6) is 0 Å². The fourth-order valence-corrected chi connectivity index (χ4v) is 2.43. The number of hydrogen-bond donors (Lipinski definition) is 0. The highest BCUT2D eigenvalue weighted by atomic mass is 16.6. The van der Waals surface area contributed by atoms with Gasteiger partial charge in [0.1, 0.15) is 12.3 Å². The van der Waals surface area contributed by atoms with Crippen LogP contribution in [0.3, 0.4) is 0 Å².